The zero-order chi connectivity index (χ0) is 13.5. The molecule has 0 spiro atoms. The number of fused-ring (bicyclic) bond motifs is 1. The van der Waals surface area contributed by atoms with Gasteiger partial charge in [0.2, 0.25) is 0 Å². The summed E-state index contributed by atoms with van der Waals surface area (Å²) in [5.74, 6) is -0.357. The highest BCUT2D eigenvalue weighted by Gasteiger charge is 2.19. The summed E-state index contributed by atoms with van der Waals surface area (Å²) < 4.78 is 20.3. The van der Waals surface area contributed by atoms with Crippen molar-refractivity contribution in [2.45, 2.75) is 26.4 Å². The van der Waals surface area contributed by atoms with Crippen LogP contribution in [0.2, 0.25) is 0 Å². The minimum Gasteiger partial charge on any atom is -0.443 e. The molecular formula is C13H13BrFNO2. The Morgan fingerprint density at radius 3 is 2.61 bits per heavy atom. The van der Waals surface area contributed by atoms with E-state index in [4.69, 9.17) is 4.74 Å². The molecular weight excluding hydrogens is 301 g/mol. The van der Waals surface area contributed by atoms with Gasteiger partial charge in [-0.2, -0.15) is 0 Å². The molecule has 0 N–H and O–H groups in total. The standard InChI is InChI=1S/C13H13BrFNO2/c1-13(2,3)18-12(17)16-7-6-8-10(16)5-4-9(15)11(8)14/h4-7H,1-3H3. The second kappa shape index (κ2) is 4.39. The molecule has 1 aromatic heterocycles. The molecule has 0 aliphatic heterocycles. The Morgan fingerprint density at radius 2 is 2.00 bits per heavy atom. The fourth-order valence-electron chi connectivity index (χ4n) is 1.62. The molecule has 18 heavy (non-hydrogen) atoms. The predicted octanol–water partition coefficient (Wildman–Crippen LogP) is 4.33. The Kier molecular flexibility index (Phi) is 3.19. The Bertz CT molecular complexity index is 613. The number of carbonyl (C=O) groups excluding carboxylic acids is 1. The highest BCUT2D eigenvalue weighted by Crippen LogP contribution is 2.28. The third-order valence-corrected chi connectivity index (χ3v) is 3.16. The zero-order valence-electron chi connectivity index (χ0n) is 10.3. The van der Waals surface area contributed by atoms with E-state index in [0.29, 0.717) is 15.4 Å². The van der Waals surface area contributed by atoms with Crippen LogP contribution in [0.1, 0.15) is 20.8 Å². The van der Waals surface area contributed by atoms with Gasteiger partial charge in [0.1, 0.15) is 11.4 Å². The van der Waals surface area contributed by atoms with E-state index in [1.54, 1.807) is 39.1 Å². The van der Waals surface area contributed by atoms with Crippen molar-refractivity contribution < 1.29 is 13.9 Å². The molecule has 0 amide bonds. The van der Waals surface area contributed by atoms with Gasteiger partial charge in [0.25, 0.3) is 0 Å². The van der Waals surface area contributed by atoms with Crippen LogP contribution in [0.25, 0.3) is 10.9 Å². The van der Waals surface area contributed by atoms with Crippen molar-refractivity contribution in [3.05, 3.63) is 34.7 Å². The average molecular weight is 314 g/mol. The van der Waals surface area contributed by atoms with Crippen molar-refractivity contribution in [3.8, 4) is 0 Å². The van der Waals surface area contributed by atoms with Crippen LogP contribution in [0.5, 0.6) is 0 Å². The zero-order valence-corrected chi connectivity index (χ0v) is 11.9. The first-order chi connectivity index (χ1) is 8.29. The Labute approximate surface area is 113 Å². The lowest BCUT2D eigenvalue weighted by Crippen LogP contribution is -2.26. The van der Waals surface area contributed by atoms with Gasteiger partial charge in [0, 0.05) is 11.6 Å². The van der Waals surface area contributed by atoms with Gasteiger partial charge in [-0.1, -0.05) is 0 Å². The number of halogens is 2. The maximum atomic E-state index is 13.4. The number of benzene rings is 1. The molecule has 0 fully saturated rings. The second-order valence-electron chi connectivity index (χ2n) is 4.96. The molecule has 0 radical (unpaired) electrons. The van der Waals surface area contributed by atoms with E-state index in [2.05, 4.69) is 15.9 Å². The lowest BCUT2D eigenvalue weighted by Gasteiger charge is -2.19. The summed E-state index contributed by atoms with van der Waals surface area (Å²) in [4.78, 5) is 12.0. The van der Waals surface area contributed by atoms with Gasteiger partial charge in [-0.3, -0.25) is 4.57 Å². The van der Waals surface area contributed by atoms with Gasteiger partial charge in [0.05, 0.1) is 9.99 Å². The monoisotopic (exact) mass is 313 g/mol. The van der Waals surface area contributed by atoms with Crippen LogP contribution in [0, 0.1) is 5.82 Å². The topological polar surface area (TPSA) is 31.2 Å². The minimum atomic E-state index is -0.565. The van der Waals surface area contributed by atoms with Crippen molar-refractivity contribution in [2.24, 2.45) is 0 Å². The number of carbonyl (C=O) groups is 1. The van der Waals surface area contributed by atoms with Crippen LogP contribution in [-0.2, 0) is 4.74 Å². The molecule has 0 atom stereocenters. The lowest BCUT2D eigenvalue weighted by molar-refractivity contribution is 0.0544. The molecule has 0 aliphatic carbocycles. The van der Waals surface area contributed by atoms with Crippen LogP contribution >= 0.6 is 15.9 Å². The highest BCUT2D eigenvalue weighted by molar-refractivity contribution is 9.10. The van der Waals surface area contributed by atoms with Crippen molar-refractivity contribution in [2.75, 3.05) is 0 Å². The summed E-state index contributed by atoms with van der Waals surface area (Å²) in [7, 11) is 0. The Balaban J connectivity index is 2.48. The smallest absolute Gasteiger partial charge is 0.418 e. The maximum Gasteiger partial charge on any atom is 0.418 e. The molecule has 0 saturated carbocycles. The van der Waals surface area contributed by atoms with E-state index in [1.165, 1.54) is 10.6 Å². The molecule has 2 rings (SSSR count). The average Bonchev–Trinajstić information content (AvgIpc) is 2.65. The van der Waals surface area contributed by atoms with Crippen LogP contribution in [-0.4, -0.2) is 16.3 Å². The predicted molar refractivity (Wildman–Crippen MR) is 71.2 cm³/mol. The number of hydrogen-bond acceptors (Lipinski definition) is 2. The molecule has 1 heterocycles. The molecule has 0 saturated heterocycles. The summed E-state index contributed by atoms with van der Waals surface area (Å²) in [6.45, 7) is 5.39. The Hall–Kier alpha value is -1.36. The molecule has 96 valence electrons. The van der Waals surface area contributed by atoms with E-state index >= 15 is 0 Å². The first-order valence-electron chi connectivity index (χ1n) is 5.48. The second-order valence-corrected chi connectivity index (χ2v) is 5.75. The van der Waals surface area contributed by atoms with Crippen LogP contribution < -0.4 is 0 Å². The molecule has 2 aromatic rings. The number of rotatable bonds is 0. The summed E-state index contributed by atoms with van der Waals surface area (Å²) in [6, 6.07) is 4.54. The largest absolute Gasteiger partial charge is 0.443 e. The van der Waals surface area contributed by atoms with Gasteiger partial charge >= 0.3 is 6.09 Å². The van der Waals surface area contributed by atoms with Crippen molar-refractivity contribution in [1.29, 1.82) is 0 Å². The SMILES string of the molecule is CC(C)(C)OC(=O)n1ccc2c(Br)c(F)ccc21. The van der Waals surface area contributed by atoms with E-state index in [1.807, 2.05) is 0 Å². The quantitative estimate of drug-likeness (QED) is 0.725. The minimum absolute atomic E-state index is 0.349. The molecule has 0 unspecified atom stereocenters. The summed E-state index contributed by atoms with van der Waals surface area (Å²) in [6.07, 6.45) is 1.10. The highest BCUT2D eigenvalue weighted by atomic mass is 79.9. The number of aromatic nitrogens is 1. The fraction of sp³-hybridized carbons (Fsp3) is 0.308. The van der Waals surface area contributed by atoms with E-state index in [0.717, 1.165) is 0 Å². The molecule has 0 bridgehead atoms. The van der Waals surface area contributed by atoms with Gasteiger partial charge in [0.15, 0.2) is 0 Å². The van der Waals surface area contributed by atoms with E-state index in [-0.39, 0.29) is 5.82 Å². The molecule has 0 aliphatic rings. The van der Waals surface area contributed by atoms with Crippen molar-refractivity contribution in [3.63, 3.8) is 0 Å². The normalized spacial score (nSPS) is 11.8. The number of hydrogen-bond donors (Lipinski definition) is 0. The lowest BCUT2D eigenvalue weighted by atomic mass is 10.2. The summed E-state index contributed by atoms with van der Waals surface area (Å²) in [5, 5.41) is 0.640. The van der Waals surface area contributed by atoms with E-state index in [9.17, 15) is 9.18 Å². The molecule has 5 heteroatoms. The molecule has 3 nitrogen and oxygen atoms in total. The fourth-order valence-corrected chi connectivity index (χ4v) is 2.09. The van der Waals surface area contributed by atoms with E-state index < -0.39 is 11.7 Å². The Morgan fingerprint density at radius 1 is 1.33 bits per heavy atom. The third kappa shape index (κ3) is 2.41. The van der Waals surface area contributed by atoms with Gasteiger partial charge < -0.3 is 4.74 Å². The van der Waals surface area contributed by atoms with Gasteiger partial charge in [-0.15, -0.1) is 0 Å². The number of nitrogens with zero attached hydrogens (tertiary/aromatic N) is 1. The van der Waals surface area contributed by atoms with Crippen LogP contribution in [0.15, 0.2) is 28.9 Å². The van der Waals surface area contributed by atoms with Gasteiger partial charge in [-0.25, -0.2) is 9.18 Å². The summed E-state index contributed by atoms with van der Waals surface area (Å²) in [5.41, 5.74) is 0.0443. The van der Waals surface area contributed by atoms with Crippen molar-refractivity contribution in [1.82, 2.24) is 4.57 Å². The maximum absolute atomic E-state index is 13.4. The number of ether oxygens (including phenoxy) is 1. The first kappa shape index (κ1) is 13.1. The first-order valence-corrected chi connectivity index (χ1v) is 6.27. The molecule has 1 aromatic carbocycles. The van der Waals surface area contributed by atoms with Crippen molar-refractivity contribution >= 4 is 32.9 Å². The van der Waals surface area contributed by atoms with Gasteiger partial charge in [-0.05, 0) is 54.9 Å². The third-order valence-electron chi connectivity index (χ3n) is 2.35. The van der Waals surface area contributed by atoms with Crippen LogP contribution in [0.4, 0.5) is 9.18 Å². The van der Waals surface area contributed by atoms with Crippen LogP contribution in [0.3, 0.4) is 0 Å². The summed E-state index contributed by atoms with van der Waals surface area (Å²) >= 11 is 3.16.